The molecule has 2 aromatic rings. The highest BCUT2D eigenvalue weighted by atomic mass is 32.1. The number of para-hydroxylation sites is 1. The molecule has 1 aliphatic rings. The van der Waals surface area contributed by atoms with Crippen molar-refractivity contribution >= 4 is 27.5 Å². The average Bonchev–Trinajstić information content (AvgIpc) is 3.06. The Balaban J connectivity index is 1.40. The zero-order chi connectivity index (χ0) is 17.5. The number of amides is 1. The first kappa shape index (κ1) is 18.3. The van der Waals surface area contributed by atoms with E-state index in [9.17, 15) is 4.79 Å². The first-order chi connectivity index (χ1) is 12.3. The van der Waals surface area contributed by atoms with E-state index in [1.54, 1.807) is 0 Å². The van der Waals surface area contributed by atoms with Gasteiger partial charge in [0, 0.05) is 25.7 Å². The summed E-state index contributed by atoms with van der Waals surface area (Å²) >= 11 is 1.82. The summed E-state index contributed by atoms with van der Waals surface area (Å²) in [6.45, 7) is 6.56. The highest BCUT2D eigenvalue weighted by Gasteiger charge is 2.24. The van der Waals surface area contributed by atoms with Crippen LogP contribution in [-0.4, -0.2) is 55.2 Å². The van der Waals surface area contributed by atoms with E-state index in [4.69, 9.17) is 9.72 Å². The van der Waals surface area contributed by atoms with Gasteiger partial charge in [-0.05, 0) is 51.4 Å². The molecule has 0 saturated carbocycles. The number of aromatic nitrogens is 1. The number of carbonyl (C=O) groups excluding carboxylic acids is 1. The van der Waals surface area contributed by atoms with Crippen LogP contribution in [-0.2, 0) is 9.53 Å². The number of carbonyl (C=O) groups is 1. The third kappa shape index (κ3) is 5.23. The monoisotopic (exact) mass is 361 g/mol. The van der Waals surface area contributed by atoms with Gasteiger partial charge in [0.15, 0.2) is 0 Å². The summed E-state index contributed by atoms with van der Waals surface area (Å²) in [6, 6.07) is 8.34. The lowest BCUT2D eigenvalue weighted by atomic mass is 9.97. The number of ether oxygens (including phenoxy) is 1. The normalized spacial score (nSPS) is 16.4. The van der Waals surface area contributed by atoms with Crippen molar-refractivity contribution in [3.63, 3.8) is 0 Å². The van der Waals surface area contributed by atoms with Gasteiger partial charge in [-0.15, -0.1) is 11.3 Å². The summed E-state index contributed by atoms with van der Waals surface area (Å²) in [5, 5.41) is 4.23. The molecule has 0 unspecified atom stereocenters. The largest absolute Gasteiger partial charge is 0.382 e. The summed E-state index contributed by atoms with van der Waals surface area (Å²) in [4.78, 5) is 19.1. The van der Waals surface area contributed by atoms with Crippen molar-refractivity contribution in [3.8, 4) is 0 Å². The predicted octanol–water partition coefficient (Wildman–Crippen LogP) is 3.02. The Morgan fingerprint density at radius 2 is 2.16 bits per heavy atom. The zero-order valence-electron chi connectivity index (χ0n) is 14.9. The van der Waals surface area contributed by atoms with Crippen molar-refractivity contribution in [2.24, 2.45) is 0 Å². The number of thiazole rings is 1. The summed E-state index contributed by atoms with van der Waals surface area (Å²) < 4.78 is 6.54. The SMILES string of the molecule is CCOCCCNC(=O)CN1CCC(c2nc3ccccc3s2)CC1. The van der Waals surface area contributed by atoms with E-state index in [-0.39, 0.29) is 5.91 Å². The van der Waals surface area contributed by atoms with Crippen LogP contribution in [0.4, 0.5) is 0 Å². The van der Waals surface area contributed by atoms with Crippen LogP contribution >= 0.6 is 11.3 Å². The van der Waals surface area contributed by atoms with E-state index in [1.807, 2.05) is 24.3 Å². The topological polar surface area (TPSA) is 54.5 Å². The molecule has 2 heterocycles. The number of hydrogen-bond acceptors (Lipinski definition) is 5. The van der Waals surface area contributed by atoms with Crippen LogP contribution in [0.1, 0.15) is 37.1 Å². The zero-order valence-corrected chi connectivity index (χ0v) is 15.7. The van der Waals surface area contributed by atoms with Gasteiger partial charge in [0.1, 0.15) is 0 Å². The van der Waals surface area contributed by atoms with Gasteiger partial charge in [-0.1, -0.05) is 12.1 Å². The fourth-order valence-electron chi connectivity index (χ4n) is 3.21. The standard InChI is InChI=1S/C19H27N3O2S/c1-2-24-13-5-10-20-18(23)14-22-11-8-15(9-12-22)19-21-16-6-3-4-7-17(16)25-19/h3-4,6-7,15H,2,5,8-14H2,1H3,(H,20,23). The number of fused-ring (bicyclic) bond motifs is 1. The molecule has 0 radical (unpaired) electrons. The van der Waals surface area contributed by atoms with Gasteiger partial charge in [0.05, 0.1) is 21.8 Å². The lowest BCUT2D eigenvalue weighted by molar-refractivity contribution is -0.122. The van der Waals surface area contributed by atoms with Crippen molar-refractivity contribution in [1.82, 2.24) is 15.2 Å². The average molecular weight is 362 g/mol. The first-order valence-corrected chi connectivity index (χ1v) is 10.00. The van der Waals surface area contributed by atoms with Crippen LogP contribution < -0.4 is 5.32 Å². The molecule has 1 N–H and O–H groups in total. The third-order valence-corrected chi connectivity index (χ3v) is 5.81. The lowest BCUT2D eigenvalue weighted by Crippen LogP contribution is -2.41. The maximum atomic E-state index is 12.0. The number of benzene rings is 1. The Morgan fingerprint density at radius 1 is 1.36 bits per heavy atom. The van der Waals surface area contributed by atoms with E-state index in [1.165, 1.54) is 9.71 Å². The molecule has 0 atom stereocenters. The van der Waals surface area contributed by atoms with Gasteiger partial charge in [-0.25, -0.2) is 4.98 Å². The van der Waals surface area contributed by atoms with Crippen molar-refractivity contribution in [2.75, 3.05) is 39.4 Å². The number of nitrogens with zero attached hydrogens (tertiary/aromatic N) is 2. The fraction of sp³-hybridized carbons (Fsp3) is 0.579. The van der Waals surface area contributed by atoms with Crippen molar-refractivity contribution < 1.29 is 9.53 Å². The van der Waals surface area contributed by atoms with Crippen LogP contribution in [0.5, 0.6) is 0 Å². The molecule has 25 heavy (non-hydrogen) atoms. The number of rotatable bonds is 8. The van der Waals surface area contributed by atoms with Gasteiger partial charge in [0.2, 0.25) is 5.91 Å². The number of likely N-dealkylation sites (tertiary alicyclic amines) is 1. The molecule has 1 fully saturated rings. The van der Waals surface area contributed by atoms with E-state index in [0.717, 1.165) is 44.5 Å². The predicted molar refractivity (Wildman–Crippen MR) is 102 cm³/mol. The van der Waals surface area contributed by atoms with Crippen LogP contribution in [0, 0.1) is 0 Å². The molecule has 0 aliphatic carbocycles. The lowest BCUT2D eigenvalue weighted by Gasteiger charge is -2.30. The quantitative estimate of drug-likeness (QED) is 0.735. The molecular weight excluding hydrogens is 334 g/mol. The molecule has 0 spiro atoms. The van der Waals surface area contributed by atoms with Gasteiger partial charge in [-0.3, -0.25) is 9.69 Å². The van der Waals surface area contributed by atoms with Crippen LogP contribution in [0.15, 0.2) is 24.3 Å². The minimum Gasteiger partial charge on any atom is -0.382 e. The molecule has 6 heteroatoms. The fourth-order valence-corrected chi connectivity index (χ4v) is 4.34. The van der Waals surface area contributed by atoms with Crippen molar-refractivity contribution in [1.29, 1.82) is 0 Å². The Bertz CT molecular complexity index is 647. The molecule has 0 bridgehead atoms. The highest BCUT2D eigenvalue weighted by Crippen LogP contribution is 2.33. The summed E-state index contributed by atoms with van der Waals surface area (Å²) in [5.74, 6) is 0.651. The van der Waals surface area contributed by atoms with Gasteiger partial charge < -0.3 is 10.1 Å². The molecule has 5 nitrogen and oxygen atoms in total. The second-order valence-corrected chi connectivity index (χ2v) is 7.53. The number of piperidine rings is 1. The van der Waals surface area contributed by atoms with E-state index in [0.29, 0.717) is 25.6 Å². The van der Waals surface area contributed by atoms with Gasteiger partial charge in [-0.2, -0.15) is 0 Å². The molecule has 136 valence electrons. The Labute approximate surface area is 153 Å². The first-order valence-electron chi connectivity index (χ1n) is 9.18. The maximum absolute atomic E-state index is 12.0. The molecule has 1 saturated heterocycles. The number of hydrogen-bond donors (Lipinski definition) is 1. The smallest absolute Gasteiger partial charge is 0.234 e. The molecule has 3 rings (SSSR count). The van der Waals surface area contributed by atoms with E-state index in [2.05, 4.69) is 28.4 Å². The van der Waals surface area contributed by atoms with Gasteiger partial charge >= 0.3 is 0 Å². The Kier molecular flexibility index (Phi) is 6.78. The minimum absolute atomic E-state index is 0.120. The van der Waals surface area contributed by atoms with Crippen molar-refractivity contribution in [2.45, 2.75) is 32.1 Å². The Hall–Kier alpha value is -1.50. The van der Waals surface area contributed by atoms with E-state index >= 15 is 0 Å². The second kappa shape index (κ2) is 9.27. The maximum Gasteiger partial charge on any atom is 0.234 e. The second-order valence-electron chi connectivity index (χ2n) is 6.47. The van der Waals surface area contributed by atoms with E-state index < -0.39 is 0 Å². The molecular formula is C19H27N3O2S. The molecule has 1 amide bonds. The van der Waals surface area contributed by atoms with Crippen LogP contribution in [0.2, 0.25) is 0 Å². The molecule has 1 aromatic carbocycles. The highest BCUT2D eigenvalue weighted by molar-refractivity contribution is 7.18. The Morgan fingerprint density at radius 3 is 2.92 bits per heavy atom. The molecule has 1 aliphatic heterocycles. The van der Waals surface area contributed by atoms with Gasteiger partial charge in [0.25, 0.3) is 0 Å². The minimum atomic E-state index is 0.120. The van der Waals surface area contributed by atoms with Crippen LogP contribution in [0.25, 0.3) is 10.2 Å². The van der Waals surface area contributed by atoms with Crippen molar-refractivity contribution in [3.05, 3.63) is 29.3 Å². The third-order valence-electron chi connectivity index (χ3n) is 4.61. The summed E-state index contributed by atoms with van der Waals surface area (Å²) in [6.07, 6.45) is 3.04. The molecule has 1 aromatic heterocycles. The summed E-state index contributed by atoms with van der Waals surface area (Å²) in [7, 11) is 0. The van der Waals surface area contributed by atoms with Crippen LogP contribution in [0.3, 0.4) is 0 Å². The summed E-state index contributed by atoms with van der Waals surface area (Å²) in [5.41, 5.74) is 1.11. The number of nitrogens with one attached hydrogen (secondary N) is 1.